The van der Waals surface area contributed by atoms with Crippen LogP contribution >= 0.6 is 22.7 Å². The van der Waals surface area contributed by atoms with Crippen LogP contribution in [0.4, 0.5) is 0 Å². The molecule has 124 valence electrons. The minimum absolute atomic E-state index is 1.07. The van der Waals surface area contributed by atoms with Gasteiger partial charge < -0.3 is 0 Å². The summed E-state index contributed by atoms with van der Waals surface area (Å²) in [4.78, 5) is 2.66. The molecule has 2 aromatic heterocycles. The van der Waals surface area contributed by atoms with Gasteiger partial charge in [0.05, 0.1) is 4.88 Å². The maximum absolute atomic E-state index is 3.31. The number of hydrogen-bond acceptors (Lipinski definition) is 2. The standard InChI is InChI=1S/C23H20S2/c1-2-3-5-10-20-13-18-15-23-19(16-22(18)24-20)14-21(25-23)12-11-17-8-6-4-7-9-17/h4,6-9,13-16H,2-3,5,10H2,1H3. The average Bonchev–Trinajstić information content (AvgIpc) is 3.21. The molecule has 2 heteroatoms. The van der Waals surface area contributed by atoms with E-state index in [9.17, 15) is 0 Å². The number of benzene rings is 2. The first-order valence-corrected chi connectivity index (χ1v) is 10.5. The largest absolute Gasteiger partial charge is 0.140 e. The molecule has 4 rings (SSSR count). The molecule has 2 heterocycles. The lowest BCUT2D eigenvalue weighted by atomic mass is 10.1. The molecule has 0 atom stereocenters. The number of thiophene rings is 2. The van der Waals surface area contributed by atoms with Crippen LogP contribution in [0.1, 0.15) is 41.5 Å². The monoisotopic (exact) mass is 360 g/mol. The van der Waals surface area contributed by atoms with Crippen LogP contribution in [-0.4, -0.2) is 0 Å². The second kappa shape index (κ2) is 7.44. The maximum atomic E-state index is 3.31. The molecule has 0 aliphatic heterocycles. The predicted molar refractivity (Wildman–Crippen MR) is 113 cm³/mol. The molecule has 0 bridgehead atoms. The lowest BCUT2D eigenvalue weighted by molar-refractivity contribution is 0.723. The first-order valence-electron chi connectivity index (χ1n) is 8.85. The summed E-state index contributed by atoms with van der Waals surface area (Å²) < 4.78 is 2.74. The average molecular weight is 361 g/mol. The molecule has 0 N–H and O–H groups in total. The van der Waals surface area contributed by atoms with Crippen molar-refractivity contribution in [3.05, 3.63) is 69.9 Å². The second-order valence-corrected chi connectivity index (χ2v) is 8.58. The Kier molecular flexibility index (Phi) is 4.88. The SMILES string of the molecule is CCCCCc1cc2cc3sc(C#Cc4ccccc4)cc3cc2s1. The van der Waals surface area contributed by atoms with E-state index in [1.54, 1.807) is 11.3 Å². The van der Waals surface area contributed by atoms with Gasteiger partial charge >= 0.3 is 0 Å². The summed E-state index contributed by atoms with van der Waals surface area (Å²) in [5.41, 5.74) is 1.07. The summed E-state index contributed by atoms with van der Waals surface area (Å²) in [7, 11) is 0. The first-order chi connectivity index (χ1) is 12.3. The van der Waals surface area contributed by atoms with E-state index in [4.69, 9.17) is 0 Å². The summed E-state index contributed by atoms with van der Waals surface area (Å²) in [5.74, 6) is 6.57. The molecule has 25 heavy (non-hydrogen) atoms. The predicted octanol–water partition coefficient (Wildman–Crippen LogP) is 7.25. The van der Waals surface area contributed by atoms with E-state index in [0.717, 1.165) is 10.4 Å². The molecule has 0 aliphatic carbocycles. The Labute approximate surface area is 157 Å². The minimum atomic E-state index is 1.07. The summed E-state index contributed by atoms with van der Waals surface area (Å²) in [6, 6.07) is 19.5. The van der Waals surface area contributed by atoms with Crippen LogP contribution in [0.15, 0.2) is 54.6 Å². The highest BCUT2D eigenvalue weighted by molar-refractivity contribution is 7.21. The van der Waals surface area contributed by atoms with Crippen LogP contribution in [-0.2, 0) is 6.42 Å². The van der Waals surface area contributed by atoms with Crippen molar-refractivity contribution in [2.24, 2.45) is 0 Å². The van der Waals surface area contributed by atoms with Gasteiger partial charge in [0.25, 0.3) is 0 Å². The fourth-order valence-corrected chi connectivity index (χ4v) is 5.10. The summed E-state index contributed by atoms with van der Waals surface area (Å²) in [5, 5.41) is 2.70. The summed E-state index contributed by atoms with van der Waals surface area (Å²) >= 11 is 3.74. The van der Waals surface area contributed by atoms with Crippen molar-refractivity contribution in [2.45, 2.75) is 32.6 Å². The Balaban J connectivity index is 1.62. The van der Waals surface area contributed by atoms with Crippen molar-refractivity contribution >= 4 is 42.8 Å². The lowest BCUT2D eigenvalue weighted by Gasteiger charge is -1.93. The fourth-order valence-electron chi connectivity index (χ4n) is 3.02. The van der Waals surface area contributed by atoms with Gasteiger partial charge in [-0.1, -0.05) is 49.8 Å². The van der Waals surface area contributed by atoms with E-state index in [1.165, 1.54) is 50.7 Å². The number of unbranched alkanes of at least 4 members (excludes halogenated alkanes) is 2. The van der Waals surface area contributed by atoms with Crippen molar-refractivity contribution < 1.29 is 0 Å². The molecule has 0 amide bonds. The molecule has 0 fully saturated rings. The zero-order valence-electron chi connectivity index (χ0n) is 14.3. The molecule has 0 aliphatic rings. The normalized spacial score (nSPS) is 10.9. The molecule has 0 radical (unpaired) electrons. The quantitative estimate of drug-likeness (QED) is 0.265. The van der Waals surface area contributed by atoms with Gasteiger partial charge in [-0.05, 0) is 60.0 Å². The van der Waals surface area contributed by atoms with Crippen LogP contribution in [0.3, 0.4) is 0 Å². The number of hydrogen-bond donors (Lipinski definition) is 0. The fraction of sp³-hybridized carbons (Fsp3) is 0.217. The van der Waals surface area contributed by atoms with E-state index < -0.39 is 0 Å². The number of rotatable bonds is 4. The van der Waals surface area contributed by atoms with Gasteiger partial charge in [0, 0.05) is 19.8 Å². The van der Waals surface area contributed by atoms with Gasteiger partial charge in [0.15, 0.2) is 0 Å². The van der Waals surface area contributed by atoms with E-state index in [1.807, 2.05) is 29.5 Å². The molecule has 2 aromatic carbocycles. The van der Waals surface area contributed by atoms with Crippen molar-refractivity contribution in [3.8, 4) is 11.8 Å². The van der Waals surface area contributed by atoms with E-state index in [2.05, 4.69) is 55.2 Å². The van der Waals surface area contributed by atoms with Gasteiger partial charge in [-0.2, -0.15) is 0 Å². The molecule has 0 spiro atoms. The van der Waals surface area contributed by atoms with Crippen LogP contribution < -0.4 is 0 Å². The minimum Gasteiger partial charge on any atom is -0.140 e. The summed E-state index contributed by atoms with van der Waals surface area (Å²) in [6.45, 7) is 2.26. The maximum Gasteiger partial charge on any atom is 0.0784 e. The first kappa shape index (κ1) is 16.4. The number of fused-ring (bicyclic) bond motifs is 2. The molecular weight excluding hydrogens is 340 g/mol. The second-order valence-electron chi connectivity index (χ2n) is 6.32. The van der Waals surface area contributed by atoms with Crippen molar-refractivity contribution in [1.29, 1.82) is 0 Å². The highest BCUT2D eigenvalue weighted by Gasteiger charge is 2.06. The molecule has 4 aromatic rings. The van der Waals surface area contributed by atoms with E-state index in [-0.39, 0.29) is 0 Å². The third kappa shape index (κ3) is 3.79. The number of aryl methyl sites for hydroxylation is 1. The van der Waals surface area contributed by atoms with Crippen LogP contribution in [0, 0.1) is 11.8 Å². The molecule has 0 nitrogen and oxygen atoms in total. The van der Waals surface area contributed by atoms with Crippen molar-refractivity contribution in [2.75, 3.05) is 0 Å². The zero-order valence-corrected chi connectivity index (χ0v) is 16.0. The van der Waals surface area contributed by atoms with Crippen molar-refractivity contribution in [3.63, 3.8) is 0 Å². The third-order valence-corrected chi connectivity index (χ3v) is 6.51. The Bertz CT molecular complexity index is 1000. The third-order valence-electron chi connectivity index (χ3n) is 4.34. The van der Waals surface area contributed by atoms with E-state index >= 15 is 0 Å². The van der Waals surface area contributed by atoms with Crippen molar-refractivity contribution in [1.82, 2.24) is 0 Å². The molecule has 0 saturated heterocycles. The smallest absolute Gasteiger partial charge is 0.0784 e. The van der Waals surface area contributed by atoms with Gasteiger partial charge in [-0.25, -0.2) is 0 Å². The van der Waals surface area contributed by atoms with Gasteiger partial charge in [0.2, 0.25) is 0 Å². The van der Waals surface area contributed by atoms with E-state index in [0.29, 0.717) is 0 Å². The van der Waals surface area contributed by atoms with Crippen LogP contribution in [0.25, 0.3) is 20.2 Å². The molecule has 0 saturated carbocycles. The highest BCUT2D eigenvalue weighted by Crippen LogP contribution is 2.34. The molecular formula is C23H20S2. The summed E-state index contributed by atoms with van der Waals surface area (Å²) in [6.07, 6.45) is 5.13. The Morgan fingerprint density at radius 2 is 1.56 bits per heavy atom. The lowest BCUT2D eigenvalue weighted by Crippen LogP contribution is -1.78. The Hall–Kier alpha value is -2.08. The topological polar surface area (TPSA) is 0 Å². The molecule has 0 unspecified atom stereocenters. The Morgan fingerprint density at radius 1 is 0.800 bits per heavy atom. The van der Waals surface area contributed by atoms with Gasteiger partial charge in [-0.3, -0.25) is 0 Å². The zero-order chi connectivity index (χ0) is 17.1. The van der Waals surface area contributed by atoms with Gasteiger partial charge in [0.1, 0.15) is 0 Å². The van der Waals surface area contributed by atoms with Crippen LogP contribution in [0.2, 0.25) is 0 Å². The van der Waals surface area contributed by atoms with Crippen LogP contribution in [0.5, 0.6) is 0 Å². The Morgan fingerprint density at radius 3 is 2.36 bits per heavy atom. The van der Waals surface area contributed by atoms with Gasteiger partial charge in [-0.15, -0.1) is 22.7 Å². The highest BCUT2D eigenvalue weighted by atomic mass is 32.1.